The van der Waals surface area contributed by atoms with Gasteiger partial charge in [0.1, 0.15) is 11.8 Å². The molecular weight excluding hydrogens is 266 g/mol. The number of esters is 1. The highest BCUT2D eigenvalue weighted by Gasteiger charge is 2.26. The number of carbonyl (C=O) groups is 1. The second-order valence-electron chi connectivity index (χ2n) is 5.34. The fourth-order valence-electron chi connectivity index (χ4n) is 2.78. The molecule has 1 N–H and O–H groups in total. The van der Waals surface area contributed by atoms with Gasteiger partial charge in [-0.1, -0.05) is 25.0 Å². The van der Waals surface area contributed by atoms with Crippen molar-refractivity contribution in [3.63, 3.8) is 0 Å². The molecule has 0 amide bonds. The Morgan fingerprint density at radius 2 is 1.86 bits per heavy atom. The molecule has 1 saturated carbocycles. The summed E-state index contributed by atoms with van der Waals surface area (Å²) in [6, 6.07) is 7.71. The van der Waals surface area contributed by atoms with Gasteiger partial charge in [0.15, 0.2) is 0 Å². The van der Waals surface area contributed by atoms with Gasteiger partial charge in [0.25, 0.3) is 0 Å². The summed E-state index contributed by atoms with van der Waals surface area (Å²) in [5, 5.41) is 3.45. The highest BCUT2D eigenvalue weighted by Crippen LogP contribution is 2.24. The lowest BCUT2D eigenvalue weighted by atomic mass is 10.1. The van der Waals surface area contributed by atoms with E-state index in [0.29, 0.717) is 19.3 Å². The summed E-state index contributed by atoms with van der Waals surface area (Å²) < 4.78 is 10.7. The van der Waals surface area contributed by atoms with Crippen LogP contribution in [0.5, 0.6) is 5.75 Å². The lowest BCUT2D eigenvalue weighted by Gasteiger charge is -2.22. The van der Waals surface area contributed by atoms with Crippen LogP contribution in [0.25, 0.3) is 0 Å². The van der Waals surface area contributed by atoms with Crippen molar-refractivity contribution >= 4 is 5.97 Å². The van der Waals surface area contributed by atoms with Crippen molar-refractivity contribution in [1.29, 1.82) is 0 Å². The molecule has 1 aliphatic carbocycles. The van der Waals surface area contributed by atoms with Crippen LogP contribution >= 0.6 is 0 Å². The molecule has 21 heavy (non-hydrogen) atoms. The number of hydrogen-bond acceptors (Lipinski definition) is 4. The minimum atomic E-state index is -0.385. The largest absolute Gasteiger partial charge is 0.494 e. The topological polar surface area (TPSA) is 47.6 Å². The molecule has 1 aromatic rings. The van der Waals surface area contributed by atoms with Crippen LogP contribution in [0.4, 0.5) is 0 Å². The quantitative estimate of drug-likeness (QED) is 0.784. The number of rotatable bonds is 7. The molecule has 1 unspecified atom stereocenters. The van der Waals surface area contributed by atoms with E-state index in [1.54, 1.807) is 0 Å². The Labute approximate surface area is 126 Å². The molecule has 0 radical (unpaired) electrons. The molecule has 4 heteroatoms. The zero-order chi connectivity index (χ0) is 15.1. The zero-order valence-corrected chi connectivity index (χ0v) is 12.9. The Kier molecular flexibility index (Phi) is 6.05. The van der Waals surface area contributed by atoms with E-state index in [1.165, 1.54) is 12.8 Å². The third-order valence-corrected chi connectivity index (χ3v) is 3.80. The molecule has 0 aromatic heterocycles. The predicted octanol–water partition coefficient (Wildman–Crippen LogP) is 3.22. The molecule has 116 valence electrons. The summed E-state index contributed by atoms with van der Waals surface area (Å²) in [5.74, 6) is 0.623. The van der Waals surface area contributed by atoms with Gasteiger partial charge in [-0.3, -0.25) is 5.32 Å². The maximum absolute atomic E-state index is 12.2. The highest BCUT2D eigenvalue weighted by molar-refractivity contribution is 5.77. The van der Waals surface area contributed by atoms with Crippen LogP contribution in [-0.2, 0) is 9.53 Å². The van der Waals surface area contributed by atoms with E-state index in [0.717, 1.165) is 24.2 Å². The van der Waals surface area contributed by atoms with Gasteiger partial charge in [-0.15, -0.1) is 0 Å². The zero-order valence-electron chi connectivity index (χ0n) is 12.9. The minimum absolute atomic E-state index is 0.200. The van der Waals surface area contributed by atoms with Crippen LogP contribution in [0.2, 0.25) is 0 Å². The maximum atomic E-state index is 12.2. The van der Waals surface area contributed by atoms with E-state index in [4.69, 9.17) is 9.47 Å². The van der Waals surface area contributed by atoms with Crippen LogP contribution in [0.3, 0.4) is 0 Å². The van der Waals surface area contributed by atoms with E-state index in [9.17, 15) is 4.79 Å². The molecule has 0 bridgehead atoms. The monoisotopic (exact) mass is 291 g/mol. The first kappa shape index (κ1) is 15.8. The molecule has 1 aliphatic rings. The molecule has 0 spiro atoms. The molecule has 2 rings (SSSR count). The molecule has 4 nitrogen and oxygen atoms in total. The van der Waals surface area contributed by atoms with Crippen LogP contribution in [0.15, 0.2) is 24.3 Å². The number of carbonyl (C=O) groups excluding carboxylic acids is 1. The first-order valence-electron chi connectivity index (χ1n) is 7.90. The lowest BCUT2D eigenvalue weighted by molar-refractivity contribution is -0.146. The summed E-state index contributed by atoms with van der Waals surface area (Å²) in [5.41, 5.74) is 0.934. The van der Waals surface area contributed by atoms with Crippen molar-refractivity contribution in [3.8, 4) is 5.75 Å². The van der Waals surface area contributed by atoms with Crippen LogP contribution in [0, 0.1) is 0 Å². The number of benzene rings is 1. The smallest absolute Gasteiger partial charge is 0.327 e. The van der Waals surface area contributed by atoms with Crippen LogP contribution in [0.1, 0.15) is 51.1 Å². The van der Waals surface area contributed by atoms with Crippen molar-refractivity contribution in [2.45, 2.75) is 51.6 Å². The second kappa shape index (κ2) is 8.03. The minimum Gasteiger partial charge on any atom is -0.494 e. The summed E-state index contributed by atoms with van der Waals surface area (Å²) in [6.07, 6.45) is 4.73. The Hall–Kier alpha value is -1.55. The number of hydrogen-bond donors (Lipinski definition) is 1. The van der Waals surface area contributed by atoms with Crippen LogP contribution < -0.4 is 10.1 Å². The molecule has 0 saturated heterocycles. The lowest BCUT2D eigenvalue weighted by Crippen LogP contribution is -2.36. The summed E-state index contributed by atoms with van der Waals surface area (Å²) in [4.78, 5) is 12.2. The molecule has 0 heterocycles. The normalized spacial score (nSPS) is 16.7. The third kappa shape index (κ3) is 4.46. The summed E-state index contributed by atoms with van der Waals surface area (Å²) in [6.45, 7) is 4.83. The number of nitrogens with one attached hydrogen (secondary N) is 1. The average molecular weight is 291 g/mol. The maximum Gasteiger partial charge on any atom is 0.327 e. The molecule has 1 aromatic carbocycles. The Balaban J connectivity index is 2.10. The van der Waals surface area contributed by atoms with Gasteiger partial charge in [0.2, 0.25) is 0 Å². The molecule has 1 atom stereocenters. The first-order valence-corrected chi connectivity index (χ1v) is 7.90. The SMILES string of the molecule is CCOC(=O)C(NC1CCCC1)c1ccc(OCC)cc1. The van der Waals surface area contributed by atoms with Crippen molar-refractivity contribution in [2.75, 3.05) is 13.2 Å². The Morgan fingerprint density at radius 1 is 1.19 bits per heavy atom. The Morgan fingerprint density at radius 3 is 2.43 bits per heavy atom. The van der Waals surface area contributed by atoms with Gasteiger partial charge >= 0.3 is 5.97 Å². The third-order valence-electron chi connectivity index (χ3n) is 3.80. The molecule has 1 fully saturated rings. The van der Waals surface area contributed by atoms with Gasteiger partial charge in [-0.2, -0.15) is 0 Å². The Bertz CT molecular complexity index is 438. The number of ether oxygens (including phenoxy) is 2. The van der Waals surface area contributed by atoms with Crippen molar-refractivity contribution in [1.82, 2.24) is 5.32 Å². The van der Waals surface area contributed by atoms with E-state index >= 15 is 0 Å². The van der Waals surface area contributed by atoms with E-state index in [2.05, 4.69) is 5.32 Å². The van der Waals surface area contributed by atoms with Gasteiger partial charge in [-0.05, 0) is 44.4 Å². The van der Waals surface area contributed by atoms with Crippen molar-refractivity contribution in [2.24, 2.45) is 0 Å². The standard InChI is InChI=1S/C17H25NO3/c1-3-20-15-11-9-13(10-12-15)16(17(19)21-4-2)18-14-7-5-6-8-14/h9-12,14,16,18H,3-8H2,1-2H3. The summed E-state index contributed by atoms with van der Waals surface area (Å²) >= 11 is 0. The first-order chi connectivity index (χ1) is 10.2. The van der Waals surface area contributed by atoms with Gasteiger partial charge in [0.05, 0.1) is 13.2 Å². The van der Waals surface area contributed by atoms with E-state index < -0.39 is 0 Å². The van der Waals surface area contributed by atoms with Crippen molar-refractivity contribution in [3.05, 3.63) is 29.8 Å². The van der Waals surface area contributed by atoms with Crippen LogP contribution in [-0.4, -0.2) is 25.2 Å². The fraction of sp³-hybridized carbons (Fsp3) is 0.588. The van der Waals surface area contributed by atoms with Gasteiger partial charge < -0.3 is 9.47 Å². The predicted molar refractivity (Wildman–Crippen MR) is 82.4 cm³/mol. The van der Waals surface area contributed by atoms with Gasteiger partial charge in [0, 0.05) is 6.04 Å². The van der Waals surface area contributed by atoms with Crippen molar-refractivity contribution < 1.29 is 14.3 Å². The van der Waals surface area contributed by atoms with E-state index in [1.807, 2.05) is 38.1 Å². The average Bonchev–Trinajstić information content (AvgIpc) is 2.99. The summed E-state index contributed by atoms with van der Waals surface area (Å²) in [7, 11) is 0. The fourth-order valence-corrected chi connectivity index (χ4v) is 2.78. The van der Waals surface area contributed by atoms with Gasteiger partial charge in [-0.25, -0.2) is 4.79 Å². The molecule has 0 aliphatic heterocycles. The molecular formula is C17H25NO3. The van der Waals surface area contributed by atoms with E-state index in [-0.39, 0.29) is 12.0 Å². The second-order valence-corrected chi connectivity index (χ2v) is 5.34. The highest BCUT2D eigenvalue weighted by atomic mass is 16.5.